The van der Waals surface area contributed by atoms with Crippen molar-refractivity contribution >= 4 is 33.5 Å². The molecule has 0 saturated carbocycles. The number of carbonyl (C=O) groups excluding carboxylic acids is 1. The summed E-state index contributed by atoms with van der Waals surface area (Å²) in [5, 5.41) is 0. The Morgan fingerprint density at radius 2 is 1.73 bits per heavy atom. The van der Waals surface area contributed by atoms with Crippen molar-refractivity contribution in [1.82, 2.24) is 0 Å². The summed E-state index contributed by atoms with van der Waals surface area (Å²) in [7, 11) is 1.50. The second-order valence-corrected chi connectivity index (χ2v) is 6.20. The van der Waals surface area contributed by atoms with Crippen LogP contribution in [-0.2, 0) is 15.7 Å². The summed E-state index contributed by atoms with van der Waals surface area (Å²) in [6, 6.07) is 11.7. The topological polar surface area (TPSA) is 35.5 Å². The zero-order valence-corrected chi connectivity index (χ0v) is 15.0. The third-order valence-electron chi connectivity index (χ3n) is 3.76. The van der Waals surface area contributed by atoms with E-state index in [4.69, 9.17) is 9.47 Å². The molecule has 1 aliphatic heterocycles. The van der Waals surface area contributed by atoms with Crippen molar-refractivity contribution in [3.63, 3.8) is 0 Å². The number of carbonyl (C=O) groups is 1. The van der Waals surface area contributed by atoms with Crippen LogP contribution < -0.4 is 4.74 Å². The lowest BCUT2D eigenvalue weighted by atomic mass is 10.0. The summed E-state index contributed by atoms with van der Waals surface area (Å²) in [6.07, 6.45) is -2.90. The molecular formula is C19H12BrF3O3. The quantitative estimate of drug-likeness (QED) is 0.617. The minimum atomic E-state index is -4.41. The number of esters is 1. The van der Waals surface area contributed by atoms with Crippen LogP contribution >= 0.6 is 15.9 Å². The van der Waals surface area contributed by atoms with Crippen LogP contribution in [0.1, 0.15) is 16.7 Å². The monoisotopic (exact) mass is 424 g/mol. The molecule has 0 bridgehead atoms. The van der Waals surface area contributed by atoms with E-state index in [-0.39, 0.29) is 10.2 Å². The highest BCUT2D eigenvalue weighted by atomic mass is 79.9. The van der Waals surface area contributed by atoms with Gasteiger partial charge in [-0.15, -0.1) is 0 Å². The van der Waals surface area contributed by atoms with Gasteiger partial charge in [-0.1, -0.05) is 30.3 Å². The molecule has 0 aliphatic carbocycles. The first kappa shape index (κ1) is 18.3. The number of halogens is 4. The molecule has 2 aromatic carbocycles. The van der Waals surface area contributed by atoms with Crippen LogP contribution in [0, 0.1) is 0 Å². The van der Waals surface area contributed by atoms with E-state index in [1.54, 1.807) is 24.3 Å². The van der Waals surface area contributed by atoms with Crippen molar-refractivity contribution in [2.45, 2.75) is 6.18 Å². The van der Waals surface area contributed by atoms with Gasteiger partial charge in [0.25, 0.3) is 0 Å². The minimum Gasteiger partial charge on any atom is -0.496 e. The SMILES string of the molecule is COc1ccccc1C1=C(Br)C(=O)O/C1=C\c1ccc(C(F)(F)F)cc1. The van der Waals surface area contributed by atoms with E-state index in [0.717, 1.165) is 12.1 Å². The Labute approximate surface area is 155 Å². The molecule has 3 nitrogen and oxygen atoms in total. The number of methoxy groups -OCH3 is 1. The number of allylic oxidation sites excluding steroid dienone is 1. The lowest BCUT2D eigenvalue weighted by Gasteiger charge is -2.10. The van der Waals surface area contributed by atoms with Crippen molar-refractivity contribution in [2.75, 3.05) is 7.11 Å². The molecule has 2 aromatic rings. The van der Waals surface area contributed by atoms with Gasteiger partial charge in [-0.05, 0) is 45.8 Å². The molecule has 0 fully saturated rings. The number of rotatable bonds is 3. The third kappa shape index (κ3) is 3.53. The van der Waals surface area contributed by atoms with Gasteiger partial charge in [0.05, 0.1) is 12.7 Å². The Bertz CT molecular complexity index is 912. The maximum atomic E-state index is 12.7. The summed E-state index contributed by atoms with van der Waals surface area (Å²) < 4.78 is 48.9. The number of hydrogen-bond donors (Lipinski definition) is 0. The first-order chi connectivity index (χ1) is 12.3. The highest BCUT2D eigenvalue weighted by Gasteiger charge is 2.32. The van der Waals surface area contributed by atoms with Crippen LogP contribution in [0.5, 0.6) is 5.75 Å². The van der Waals surface area contributed by atoms with Gasteiger partial charge >= 0.3 is 12.1 Å². The van der Waals surface area contributed by atoms with Gasteiger partial charge in [-0.2, -0.15) is 13.2 Å². The number of cyclic esters (lactones) is 1. The number of para-hydroxylation sites is 1. The molecule has 0 spiro atoms. The van der Waals surface area contributed by atoms with Crippen molar-refractivity contribution in [2.24, 2.45) is 0 Å². The van der Waals surface area contributed by atoms with E-state index >= 15 is 0 Å². The Morgan fingerprint density at radius 1 is 1.08 bits per heavy atom. The Morgan fingerprint density at radius 3 is 2.35 bits per heavy atom. The van der Waals surface area contributed by atoms with Crippen molar-refractivity contribution in [3.05, 3.63) is 75.5 Å². The number of ether oxygens (including phenoxy) is 2. The molecule has 26 heavy (non-hydrogen) atoms. The maximum absolute atomic E-state index is 12.7. The molecule has 0 aromatic heterocycles. The van der Waals surface area contributed by atoms with Crippen molar-refractivity contribution in [1.29, 1.82) is 0 Å². The summed E-state index contributed by atoms with van der Waals surface area (Å²) in [6.45, 7) is 0. The average molecular weight is 425 g/mol. The van der Waals surface area contributed by atoms with Crippen LogP contribution in [0.2, 0.25) is 0 Å². The highest BCUT2D eigenvalue weighted by Crippen LogP contribution is 2.42. The summed E-state index contributed by atoms with van der Waals surface area (Å²) in [4.78, 5) is 12.0. The first-order valence-corrected chi connectivity index (χ1v) is 8.25. The number of benzene rings is 2. The zero-order valence-electron chi connectivity index (χ0n) is 13.4. The lowest BCUT2D eigenvalue weighted by Crippen LogP contribution is -2.04. The molecular weight excluding hydrogens is 413 g/mol. The fourth-order valence-corrected chi connectivity index (χ4v) is 3.02. The molecule has 1 heterocycles. The van der Waals surface area contributed by atoms with E-state index in [9.17, 15) is 18.0 Å². The van der Waals surface area contributed by atoms with Gasteiger partial charge in [-0.25, -0.2) is 4.79 Å². The standard InChI is InChI=1S/C19H12BrF3O3/c1-25-14-5-3-2-4-13(14)16-15(26-18(24)17(16)20)10-11-6-8-12(9-7-11)19(21,22)23/h2-10H,1H3/b15-10-. The van der Waals surface area contributed by atoms with E-state index < -0.39 is 17.7 Å². The van der Waals surface area contributed by atoms with E-state index in [1.807, 2.05) is 0 Å². The molecule has 0 amide bonds. The Kier molecular flexibility index (Phi) is 4.91. The fourth-order valence-electron chi connectivity index (χ4n) is 2.53. The van der Waals surface area contributed by atoms with Gasteiger partial charge in [0.15, 0.2) is 0 Å². The van der Waals surface area contributed by atoms with Crippen LogP contribution in [0.15, 0.2) is 58.8 Å². The minimum absolute atomic E-state index is 0.222. The summed E-state index contributed by atoms with van der Waals surface area (Å²) >= 11 is 3.22. The van der Waals surface area contributed by atoms with Crippen LogP contribution in [0.25, 0.3) is 11.6 Å². The molecule has 0 saturated heterocycles. The van der Waals surface area contributed by atoms with Gasteiger partial charge in [0.1, 0.15) is 16.0 Å². The van der Waals surface area contributed by atoms with Crippen LogP contribution in [0.4, 0.5) is 13.2 Å². The smallest absolute Gasteiger partial charge is 0.416 e. The first-order valence-electron chi connectivity index (χ1n) is 7.46. The predicted molar refractivity (Wildman–Crippen MR) is 94.4 cm³/mol. The Hall–Kier alpha value is -2.54. The molecule has 1 aliphatic rings. The fraction of sp³-hybridized carbons (Fsp3) is 0.105. The lowest BCUT2D eigenvalue weighted by molar-refractivity contribution is -0.137. The van der Waals surface area contributed by atoms with Gasteiger partial charge < -0.3 is 9.47 Å². The van der Waals surface area contributed by atoms with E-state index in [2.05, 4.69) is 15.9 Å². The largest absolute Gasteiger partial charge is 0.496 e. The number of alkyl halides is 3. The normalized spacial score (nSPS) is 16.2. The predicted octanol–water partition coefficient (Wildman–Crippen LogP) is 5.42. The highest BCUT2D eigenvalue weighted by molar-refractivity contribution is 9.12. The van der Waals surface area contributed by atoms with Gasteiger partial charge in [0, 0.05) is 11.1 Å². The number of hydrogen-bond acceptors (Lipinski definition) is 3. The van der Waals surface area contributed by atoms with E-state index in [0.29, 0.717) is 22.4 Å². The maximum Gasteiger partial charge on any atom is 0.416 e. The molecule has 7 heteroatoms. The third-order valence-corrected chi connectivity index (χ3v) is 4.48. The molecule has 0 radical (unpaired) electrons. The Balaban J connectivity index is 2.04. The van der Waals surface area contributed by atoms with Crippen LogP contribution in [-0.4, -0.2) is 13.1 Å². The molecule has 134 valence electrons. The second kappa shape index (κ2) is 6.99. The molecule has 0 unspecified atom stereocenters. The van der Waals surface area contributed by atoms with Crippen molar-refractivity contribution < 1.29 is 27.4 Å². The average Bonchev–Trinajstić information content (AvgIpc) is 2.88. The second-order valence-electron chi connectivity index (χ2n) is 5.41. The molecule has 3 rings (SSSR count). The zero-order chi connectivity index (χ0) is 18.9. The van der Waals surface area contributed by atoms with Crippen molar-refractivity contribution in [3.8, 4) is 5.75 Å². The molecule has 0 atom stereocenters. The molecule has 0 N–H and O–H groups in total. The van der Waals surface area contributed by atoms with Crippen LogP contribution in [0.3, 0.4) is 0 Å². The van der Waals surface area contributed by atoms with Gasteiger partial charge in [-0.3, -0.25) is 0 Å². The summed E-state index contributed by atoms with van der Waals surface area (Å²) in [5.74, 6) is 0.186. The van der Waals surface area contributed by atoms with E-state index in [1.165, 1.54) is 25.3 Å². The van der Waals surface area contributed by atoms with Gasteiger partial charge in [0.2, 0.25) is 0 Å². The summed E-state index contributed by atoms with van der Waals surface area (Å²) in [5.41, 5.74) is 0.832.